The lowest BCUT2D eigenvalue weighted by Crippen LogP contribution is -2.04. The summed E-state index contributed by atoms with van der Waals surface area (Å²) in [5.74, 6) is 1.55. The third-order valence-corrected chi connectivity index (χ3v) is 3.77. The average Bonchev–Trinajstić information content (AvgIpc) is 2.74. The quantitative estimate of drug-likeness (QED) is 0.597. The number of nitrogens with one attached hydrogen (secondary N) is 2. The first-order valence-corrected chi connectivity index (χ1v) is 8.27. The Morgan fingerprint density at radius 2 is 1.86 bits per heavy atom. The lowest BCUT2D eigenvalue weighted by Gasteiger charge is -2.12. The number of rotatable bonds is 7. The highest BCUT2D eigenvalue weighted by Gasteiger charge is 2.09. The number of benzene rings is 2. The van der Waals surface area contributed by atoms with Gasteiger partial charge in [0.2, 0.25) is 5.95 Å². The summed E-state index contributed by atoms with van der Waals surface area (Å²) in [5.41, 5.74) is 1.75. The van der Waals surface area contributed by atoms with Crippen molar-refractivity contribution in [3.63, 3.8) is 0 Å². The molecule has 0 saturated carbocycles. The van der Waals surface area contributed by atoms with Gasteiger partial charge in [-0.25, -0.2) is 4.79 Å². The van der Waals surface area contributed by atoms with E-state index in [1.165, 1.54) is 13.3 Å². The van der Waals surface area contributed by atoms with Crippen LogP contribution in [0.1, 0.15) is 10.4 Å². The molecule has 9 heteroatoms. The topological polar surface area (TPSA) is 107 Å². The van der Waals surface area contributed by atoms with Crippen molar-refractivity contribution in [3.05, 3.63) is 54.2 Å². The van der Waals surface area contributed by atoms with Crippen LogP contribution in [0.5, 0.6) is 11.5 Å². The van der Waals surface area contributed by atoms with Crippen molar-refractivity contribution in [2.75, 3.05) is 32.0 Å². The molecular formula is C19H19N5O4. The summed E-state index contributed by atoms with van der Waals surface area (Å²) in [6.07, 6.45) is 1.47. The molecule has 0 amide bonds. The van der Waals surface area contributed by atoms with Crippen LogP contribution in [0.15, 0.2) is 48.7 Å². The van der Waals surface area contributed by atoms with E-state index in [-0.39, 0.29) is 5.95 Å². The zero-order valence-electron chi connectivity index (χ0n) is 15.6. The lowest BCUT2D eigenvalue weighted by molar-refractivity contribution is 0.0601. The summed E-state index contributed by atoms with van der Waals surface area (Å²) >= 11 is 0. The Morgan fingerprint density at radius 3 is 2.61 bits per heavy atom. The SMILES string of the molecule is COC(=O)c1cccc(Nc2cnnc(Nc3ccc(OC)cc3OC)n2)c1. The molecule has 3 rings (SSSR count). The van der Waals surface area contributed by atoms with Gasteiger partial charge in [0.1, 0.15) is 11.5 Å². The normalized spacial score (nSPS) is 10.1. The molecule has 1 heterocycles. The van der Waals surface area contributed by atoms with Gasteiger partial charge in [0.15, 0.2) is 5.82 Å². The first-order valence-electron chi connectivity index (χ1n) is 8.27. The number of methoxy groups -OCH3 is 3. The van der Waals surface area contributed by atoms with Crippen molar-refractivity contribution in [2.24, 2.45) is 0 Å². The van der Waals surface area contributed by atoms with Crippen molar-refractivity contribution in [1.82, 2.24) is 15.2 Å². The van der Waals surface area contributed by atoms with Crippen LogP contribution in [-0.4, -0.2) is 42.5 Å². The Balaban J connectivity index is 1.79. The van der Waals surface area contributed by atoms with E-state index in [1.54, 1.807) is 56.7 Å². The Bertz CT molecular complexity index is 980. The van der Waals surface area contributed by atoms with E-state index in [9.17, 15) is 4.79 Å². The van der Waals surface area contributed by atoms with E-state index in [0.717, 1.165) is 0 Å². The fourth-order valence-electron chi connectivity index (χ4n) is 2.43. The number of carbonyl (C=O) groups is 1. The predicted octanol–water partition coefficient (Wildman–Crippen LogP) is 3.16. The van der Waals surface area contributed by atoms with Crippen molar-refractivity contribution < 1.29 is 19.0 Å². The first kappa shape index (κ1) is 18.9. The molecule has 2 aromatic carbocycles. The van der Waals surface area contributed by atoms with Crippen LogP contribution in [-0.2, 0) is 4.74 Å². The molecule has 0 atom stereocenters. The second-order valence-electron chi connectivity index (χ2n) is 5.55. The largest absolute Gasteiger partial charge is 0.497 e. The summed E-state index contributed by atoms with van der Waals surface area (Å²) in [7, 11) is 4.48. The van der Waals surface area contributed by atoms with Gasteiger partial charge in [0.05, 0.1) is 38.8 Å². The highest BCUT2D eigenvalue weighted by Crippen LogP contribution is 2.30. The predicted molar refractivity (Wildman–Crippen MR) is 104 cm³/mol. The van der Waals surface area contributed by atoms with E-state index in [4.69, 9.17) is 14.2 Å². The van der Waals surface area contributed by atoms with Gasteiger partial charge in [0.25, 0.3) is 0 Å². The molecule has 9 nitrogen and oxygen atoms in total. The van der Waals surface area contributed by atoms with Gasteiger partial charge in [0, 0.05) is 11.8 Å². The molecule has 0 fully saturated rings. The number of nitrogens with zero attached hydrogens (tertiary/aromatic N) is 3. The third kappa shape index (κ3) is 4.44. The molecule has 0 bridgehead atoms. The maximum Gasteiger partial charge on any atom is 0.337 e. The second-order valence-corrected chi connectivity index (χ2v) is 5.55. The van der Waals surface area contributed by atoms with Gasteiger partial charge in [-0.05, 0) is 30.3 Å². The smallest absolute Gasteiger partial charge is 0.337 e. The highest BCUT2D eigenvalue weighted by atomic mass is 16.5. The minimum absolute atomic E-state index is 0.276. The average molecular weight is 381 g/mol. The van der Waals surface area contributed by atoms with E-state index in [1.807, 2.05) is 0 Å². The monoisotopic (exact) mass is 381 g/mol. The Hall–Kier alpha value is -3.88. The fraction of sp³-hybridized carbons (Fsp3) is 0.158. The number of anilines is 4. The fourth-order valence-corrected chi connectivity index (χ4v) is 2.43. The Kier molecular flexibility index (Phi) is 5.85. The van der Waals surface area contributed by atoms with Crippen LogP contribution in [0.4, 0.5) is 23.1 Å². The van der Waals surface area contributed by atoms with E-state index < -0.39 is 5.97 Å². The molecule has 28 heavy (non-hydrogen) atoms. The molecule has 0 spiro atoms. The van der Waals surface area contributed by atoms with Gasteiger partial charge in [-0.3, -0.25) is 0 Å². The van der Waals surface area contributed by atoms with Crippen LogP contribution in [0.3, 0.4) is 0 Å². The molecule has 0 saturated heterocycles. The zero-order chi connectivity index (χ0) is 19.9. The maximum atomic E-state index is 11.7. The lowest BCUT2D eigenvalue weighted by atomic mass is 10.2. The van der Waals surface area contributed by atoms with E-state index >= 15 is 0 Å². The van der Waals surface area contributed by atoms with Gasteiger partial charge < -0.3 is 24.8 Å². The molecule has 0 unspecified atom stereocenters. The Labute approximate surface area is 161 Å². The van der Waals surface area contributed by atoms with Crippen LogP contribution in [0.2, 0.25) is 0 Å². The Morgan fingerprint density at radius 1 is 1.00 bits per heavy atom. The van der Waals surface area contributed by atoms with Gasteiger partial charge >= 0.3 is 5.97 Å². The minimum atomic E-state index is -0.418. The van der Waals surface area contributed by atoms with Gasteiger partial charge in [-0.15, -0.1) is 5.10 Å². The molecule has 0 aliphatic rings. The number of aromatic nitrogens is 3. The molecule has 144 valence electrons. The van der Waals surface area contributed by atoms with Crippen LogP contribution in [0.25, 0.3) is 0 Å². The summed E-state index contributed by atoms with van der Waals surface area (Å²) in [6, 6.07) is 12.2. The van der Waals surface area contributed by atoms with Crippen LogP contribution in [0, 0.1) is 0 Å². The molecule has 3 aromatic rings. The standard InChI is InChI=1S/C19H19N5O4/c1-26-14-7-8-15(16(10-14)27-2)22-19-23-17(11-20-24-19)21-13-6-4-5-12(9-13)18(25)28-3/h4-11H,1-3H3,(H2,21,22,23,24). The van der Waals surface area contributed by atoms with Crippen molar-refractivity contribution >= 4 is 29.1 Å². The second kappa shape index (κ2) is 8.67. The number of hydrogen-bond acceptors (Lipinski definition) is 9. The molecule has 1 aromatic heterocycles. The summed E-state index contributed by atoms with van der Waals surface area (Å²) in [6.45, 7) is 0. The third-order valence-electron chi connectivity index (χ3n) is 3.77. The van der Waals surface area contributed by atoms with Crippen LogP contribution < -0.4 is 20.1 Å². The number of carbonyl (C=O) groups excluding carboxylic acids is 1. The van der Waals surface area contributed by atoms with Gasteiger partial charge in [-0.1, -0.05) is 6.07 Å². The maximum absolute atomic E-state index is 11.7. The molecule has 2 N–H and O–H groups in total. The first-order chi connectivity index (χ1) is 13.6. The number of ether oxygens (including phenoxy) is 3. The molecule has 0 radical (unpaired) electrons. The van der Waals surface area contributed by atoms with Gasteiger partial charge in [-0.2, -0.15) is 10.1 Å². The summed E-state index contributed by atoms with van der Waals surface area (Å²) in [5, 5.41) is 14.1. The van der Waals surface area contributed by atoms with E-state index in [2.05, 4.69) is 25.8 Å². The van der Waals surface area contributed by atoms with Crippen molar-refractivity contribution in [1.29, 1.82) is 0 Å². The summed E-state index contributed by atoms with van der Waals surface area (Å²) in [4.78, 5) is 16.0. The number of esters is 1. The minimum Gasteiger partial charge on any atom is -0.497 e. The molecule has 0 aliphatic heterocycles. The molecular weight excluding hydrogens is 362 g/mol. The number of hydrogen-bond donors (Lipinski definition) is 2. The van der Waals surface area contributed by atoms with Crippen molar-refractivity contribution in [2.45, 2.75) is 0 Å². The van der Waals surface area contributed by atoms with E-state index in [0.29, 0.717) is 34.3 Å². The van der Waals surface area contributed by atoms with Crippen molar-refractivity contribution in [3.8, 4) is 11.5 Å². The molecule has 0 aliphatic carbocycles. The zero-order valence-corrected chi connectivity index (χ0v) is 15.6. The van der Waals surface area contributed by atoms with Crippen LogP contribution >= 0.6 is 0 Å². The highest BCUT2D eigenvalue weighted by molar-refractivity contribution is 5.90. The summed E-state index contributed by atoms with van der Waals surface area (Å²) < 4.78 is 15.3.